The molecule has 0 fully saturated rings. The second-order valence-corrected chi connectivity index (χ2v) is 6.54. The lowest BCUT2D eigenvalue weighted by Gasteiger charge is -2.30. The van der Waals surface area contributed by atoms with Crippen LogP contribution in [0.15, 0.2) is 0 Å². The van der Waals surface area contributed by atoms with Crippen molar-refractivity contribution in [2.24, 2.45) is 5.73 Å². The highest BCUT2D eigenvalue weighted by atomic mass is 32.2. The Labute approximate surface area is 108 Å². The first-order valence-corrected chi connectivity index (χ1v) is 7.28. The zero-order chi connectivity index (χ0) is 16.6. The monoisotopic (exact) mass is 354 g/mol. The summed E-state index contributed by atoms with van der Waals surface area (Å²) >= 11 is 0. The van der Waals surface area contributed by atoms with Crippen LogP contribution in [0.2, 0.25) is 0 Å². The molecule has 0 heterocycles. The molecule has 0 amide bonds. The Kier molecular flexibility index (Phi) is 5.11. The van der Waals surface area contributed by atoms with Crippen LogP contribution in [-0.4, -0.2) is 50.9 Å². The molecule has 7 nitrogen and oxygen atoms in total. The number of hydrogen-bond acceptors (Lipinski definition) is 5. The summed E-state index contributed by atoms with van der Waals surface area (Å²) in [6.45, 7) is -1.62. The van der Waals surface area contributed by atoms with Gasteiger partial charge in [-0.05, 0) is 0 Å². The predicted octanol–water partition coefficient (Wildman–Crippen LogP) is -0.427. The van der Waals surface area contributed by atoms with Gasteiger partial charge in [0, 0.05) is 13.1 Å². The summed E-state index contributed by atoms with van der Waals surface area (Å²) < 4.78 is 128. The maximum atomic E-state index is 13.0. The van der Waals surface area contributed by atoms with E-state index < -0.39 is 49.7 Å². The van der Waals surface area contributed by atoms with E-state index in [-0.39, 0.29) is 0 Å². The molecular weight excluding hydrogens is 346 g/mol. The number of alkyl halides is 6. The second-order valence-electron chi connectivity index (χ2n) is 3.27. The molecular formula is C5H8F6N2O5S2. The molecule has 0 aromatic carbocycles. The minimum absolute atomic E-state index is 0.629. The van der Waals surface area contributed by atoms with Crippen LogP contribution in [0, 0.1) is 0 Å². The van der Waals surface area contributed by atoms with Crippen LogP contribution in [0.1, 0.15) is 0 Å². The lowest BCUT2D eigenvalue weighted by molar-refractivity contribution is -0.246. The molecule has 15 heteroatoms. The van der Waals surface area contributed by atoms with E-state index >= 15 is 0 Å². The van der Waals surface area contributed by atoms with Crippen LogP contribution in [0.5, 0.6) is 0 Å². The zero-order valence-corrected chi connectivity index (χ0v) is 10.8. The molecule has 0 rings (SSSR count). The van der Waals surface area contributed by atoms with Gasteiger partial charge >= 0.3 is 26.5 Å². The minimum Gasteiger partial charge on any atom is -0.329 e. The quantitative estimate of drug-likeness (QED) is 0.421. The first-order valence-electron chi connectivity index (χ1n) is 4.36. The highest BCUT2D eigenvalue weighted by Crippen LogP contribution is 2.50. The third kappa shape index (κ3) is 2.85. The summed E-state index contributed by atoms with van der Waals surface area (Å²) in [5.74, 6) is -6.94. The van der Waals surface area contributed by atoms with E-state index in [1.165, 1.54) is 0 Å². The van der Waals surface area contributed by atoms with Crippen LogP contribution in [0.3, 0.4) is 0 Å². The van der Waals surface area contributed by atoms with Gasteiger partial charge in [-0.3, -0.25) is 4.55 Å². The number of nitrogens with two attached hydrogens (primary N) is 1. The van der Waals surface area contributed by atoms with Crippen molar-refractivity contribution in [2.75, 3.05) is 13.1 Å². The first kappa shape index (κ1) is 19.4. The first-order chi connectivity index (χ1) is 8.56. The van der Waals surface area contributed by atoms with Crippen LogP contribution in [0.25, 0.3) is 0 Å². The Morgan fingerprint density at radius 2 is 1.35 bits per heavy atom. The van der Waals surface area contributed by atoms with Gasteiger partial charge in [-0.25, -0.2) is 13.1 Å². The van der Waals surface area contributed by atoms with E-state index in [1.807, 2.05) is 0 Å². The standard InChI is InChI=1S/C5H8F6N2O5S2/c6-3(7,5(10,11)20(16,17)18)4(8,9)19(14,15)13-2-1-12/h13H,1-2,12H2,(H,16,17,18). The number of rotatable bonds is 7. The smallest absolute Gasteiger partial charge is 0.329 e. The van der Waals surface area contributed by atoms with Crippen molar-refractivity contribution in [3.63, 3.8) is 0 Å². The molecule has 0 aliphatic carbocycles. The maximum Gasteiger partial charge on any atom is 0.439 e. The van der Waals surface area contributed by atoms with Gasteiger partial charge in [0.1, 0.15) is 0 Å². The van der Waals surface area contributed by atoms with Crippen molar-refractivity contribution in [3.05, 3.63) is 0 Å². The van der Waals surface area contributed by atoms with Crippen molar-refractivity contribution >= 4 is 20.1 Å². The van der Waals surface area contributed by atoms with Crippen molar-refractivity contribution in [2.45, 2.75) is 16.4 Å². The largest absolute Gasteiger partial charge is 0.439 e. The maximum absolute atomic E-state index is 13.0. The topological polar surface area (TPSA) is 127 Å². The van der Waals surface area contributed by atoms with Crippen LogP contribution in [-0.2, 0) is 20.1 Å². The molecule has 0 aliphatic heterocycles. The third-order valence-electron chi connectivity index (χ3n) is 1.83. The minimum atomic E-state index is -7.00. The van der Waals surface area contributed by atoms with Crippen molar-refractivity contribution in [3.8, 4) is 0 Å². The van der Waals surface area contributed by atoms with Gasteiger partial charge in [-0.2, -0.15) is 34.8 Å². The predicted molar refractivity (Wildman–Crippen MR) is 52.4 cm³/mol. The van der Waals surface area contributed by atoms with Gasteiger partial charge in [0.25, 0.3) is 10.0 Å². The Bertz CT molecular complexity index is 558. The van der Waals surface area contributed by atoms with Gasteiger partial charge in [0.2, 0.25) is 0 Å². The molecule has 0 spiro atoms. The normalized spacial score (nSPS) is 15.4. The fraction of sp³-hybridized carbons (Fsp3) is 1.00. The lowest BCUT2D eigenvalue weighted by Crippen LogP contribution is -2.62. The fourth-order valence-electron chi connectivity index (χ4n) is 0.784. The van der Waals surface area contributed by atoms with Gasteiger partial charge in [-0.1, -0.05) is 0 Å². The van der Waals surface area contributed by atoms with Gasteiger partial charge < -0.3 is 5.73 Å². The third-order valence-corrected chi connectivity index (χ3v) is 4.25. The van der Waals surface area contributed by atoms with E-state index in [4.69, 9.17) is 10.3 Å². The van der Waals surface area contributed by atoms with E-state index in [0.29, 0.717) is 0 Å². The number of hydrogen-bond donors (Lipinski definition) is 3. The molecule has 0 saturated carbocycles. The summed E-state index contributed by atoms with van der Waals surface area (Å²) in [6.07, 6.45) is 0. The molecule has 20 heavy (non-hydrogen) atoms. The van der Waals surface area contributed by atoms with Crippen molar-refractivity contribution in [1.82, 2.24) is 4.72 Å². The highest BCUT2D eigenvalue weighted by Gasteiger charge is 2.82. The number of sulfonamides is 1. The molecule has 0 unspecified atom stereocenters. The molecule has 0 atom stereocenters. The van der Waals surface area contributed by atoms with Gasteiger partial charge in [-0.15, -0.1) is 0 Å². The van der Waals surface area contributed by atoms with Crippen LogP contribution in [0.4, 0.5) is 26.3 Å². The van der Waals surface area contributed by atoms with E-state index in [0.717, 1.165) is 4.72 Å². The molecule has 0 aromatic heterocycles. The van der Waals surface area contributed by atoms with Crippen molar-refractivity contribution in [1.29, 1.82) is 0 Å². The molecule has 4 N–H and O–H groups in total. The molecule has 0 saturated heterocycles. The SMILES string of the molecule is NCCNS(=O)(=O)C(F)(F)C(F)(F)C(F)(F)S(=O)(=O)O. The van der Waals surface area contributed by atoms with Gasteiger partial charge in [0.05, 0.1) is 0 Å². The van der Waals surface area contributed by atoms with Crippen LogP contribution < -0.4 is 10.5 Å². The highest BCUT2D eigenvalue weighted by molar-refractivity contribution is 7.90. The molecule has 122 valence electrons. The summed E-state index contributed by atoms with van der Waals surface area (Å²) in [4.78, 5) is 0. The van der Waals surface area contributed by atoms with E-state index in [2.05, 4.69) is 0 Å². The summed E-state index contributed by atoms with van der Waals surface area (Å²) in [5, 5.41) is -13.3. The summed E-state index contributed by atoms with van der Waals surface area (Å²) in [5.41, 5.74) is 4.70. The Morgan fingerprint density at radius 1 is 0.950 bits per heavy atom. The van der Waals surface area contributed by atoms with E-state index in [1.54, 1.807) is 0 Å². The average molecular weight is 354 g/mol. The van der Waals surface area contributed by atoms with Crippen molar-refractivity contribution < 1.29 is 47.7 Å². The molecule has 0 radical (unpaired) electrons. The summed E-state index contributed by atoms with van der Waals surface area (Å²) in [7, 11) is -13.4. The summed E-state index contributed by atoms with van der Waals surface area (Å²) in [6, 6.07) is 0. The Morgan fingerprint density at radius 3 is 1.65 bits per heavy atom. The molecule has 0 aromatic rings. The zero-order valence-electron chi connectivity index (χ0n) is 9.16. The van der Waals surface area contributed by atoms with Gasteiger partial charge in [0.15, 0.2) is 0 Å². The fourth-order valence-corrected chi connectivity index (χ4v) is 2.33. The molecule has 0 bridgehead atoms. The average Bonchev–Trinajstić information content (AvgIpc) is 2.24. The van der Waals surface area contributed by atoms with Crippen LogP contribution >= 0.6 is 0 Å². The molecule has 0 aliphatic rings. The Hall–Kier alpha value is -0.640. The second kappa shape index (κ2) is 5.28. The Balaban J connectivity index is 5.94. The lowest BCUT2D eigenvalue weighted by atomic mass is 10.3. The van der Waals surface area contributed by atoms with E-state index in [9.17, 15) is 43.2 Å². The number of halogens is 6. The number of nitrogens with one attached hydrogen (secondary N) is 1.